The van der Waals surface area contributed by atoms with Gasteiger partial charge in [0.05, 0.1) is 11.6 Å². The molecule has 1 aliphatic heterocycles. The Kier molecular flexibility index (Phi) is 4.43. The lowest BCUT2D eigenvalue weighted by Gasteiger charge is -2.17. The van der Waals surface area contributed by atoms with E-state index in [-0.39, 0.29) is 23.9 Å². The molecule has 0 bridgehead atoms. The number of benzene rings is 2. The van der Waals surface area contributed by atoms with Crippen molar-refractivity contribution in [1.82, 2.24) is 0 Å². The van der Waals surface area contributed by atoms with Crippen LogP contribution in [0.3, 0.4) is 0 Å². The summed E-state index contributed by atoms with van der Waals surface area (Å²) in [5.74, 6) is -1.44. The lowest BCUT2D eigenvalue weighted by Crippen LogP contribution is -2.28. The van der Waals surface area contributed by atoms with Gasteiger partial charge in [0.2, 0.25) is 11.8 Å². The Balaban J connectivity index is 1.71. The van der Waals surface area contributed by atoms with Crippen molar-refractivity contribution in [1.29, 1.82) is 0 Å². The van der Waals surface area contributed by atoms with E-state index in [0.29, 0.717) is 6.54 Å². The molecule has 1 N–H and O–H groups in total. The van der Waals surface area contributed by atoms with Crippen LogP contribution in [0.25, 0.3) is 0 Å². The predicted octanol–water partition coefficient (Wildman–Crippen LogP) is 3.58. The van der Waals surface area contributed by atoms with Crippen molar-refractivity contribution in [3.63, 3.8) is 0 Å². The SMILES string of the molecule is O=C(Nc1ccccc1F)[C@H]1CC(=O)N(c2ccc(Br)cc2)C1. The monoisotopic (exact) mass is 376 g/mol. The zero-order valence-electron chi connectivity index (χ0n) is 12.1. The smallest absolute Gasteiger partial charge is 0.229 e. The number of halogens is 2. The zero-order chi connectivity index (χ0) is 16.4. The first-order valence-electron chi connectivity index (χ1n) is 7.16. The average molecular weight is 377 g/mol. The van der Waals surface area contributed by atoms with Crippen LogP contribution in [0.2, 0.25) is 0 Å². The summed E-state index contributed by atoms with van der Waals surface area (Å²) in [5.41, 5.74) is 0.881. The van der Waals surface area contributed by atoms with Gasteiger partial charge in [-0.1, -0.05) is 28.1 Å². The van der Waals surface area contributed by atoms with Gasteiger partial charge in [0, 0.05) is 23.1 Å². The molecular weight excluding hydrogens is 363 g/mol. The molecule has 2 aromatic carbocycles. The first-order valence-corrected chi connectivity index (χ1v) is 7.95. The molecule has 1 aliphatic rings. The molecule has 1 saturated heterocycles. The van der Waals surface area contributed by atoms with E-state index in [1.807, 2.05) is 24.3 Å². The molecule has 6 heteroatoms. The summed E-state index contributed by atoms with van der Waals surface area (Å²) in [6.45, 7) is 0.292. The van der Waals surface area contributed by atoms with Gasteiger partial charge in [-0.3, -0.25) is 9.59 Å². The number of anilines is 2. The normalized spacial score (nSPS) is 17.4. The standard InChI is InChI=1S/C17H14BrFN2O2/c18-12-5-7-13(8-6-12)21-10-11(9-16(21)22)17(23)20-15-4-2-1-3-14(15)19/h1-8,11H,9-10H2,(H,20,23)/t11-/m0/s1. The molecule has 118 valence electrons. The third-order valence-electron chi connectivity index (χ3n) is 3.77. The van der Waals surface area contributed by atoms with Crippen LogP contribution in [0.1, 0.15) is 6.42 Å². The van der Waals surface area contributed by atoms with Crippen LogP contribution in [0.15, 0.2) is 53.0 Å². The highest BCUT2D eigenvalue weighted by molar-refractivity contribution is 9.10. The van der Waals surface area contributed by atoms with Gasteiger partial charge in [0.25, 0.3) is 0 Å². The number of amides is 2. The first-order chi connectivity index (χ1) is 11.0. The molecule has 2 amide bonds. The van der Waals surface area contributed by atoms with Gasteiger partial charge < -0.3 is 10.2 Å². The van der Waals surface area contributed by atoms with Crippen molar-refractivity contribution in [2.45, 2.75) is 6.42 Å². The van der Waals surface area contributed by atoms with Crippen LogP contribution in [0.5, 0.6) is 0 Å². The number of nitrogens with zero attached hydrogens (tertiary/aromatic N) is 1. The highest BCUT2D eigenvalue weighted by atomic mass is 79.9. The van der Waals surface area contributed by atoms with Gasteiger partial charge >= 0.3 is 0 Å². The minimum atomic E-state index is -0.495. The fourth-order valence-electron chi connectivity index (χ4n) is 2.55. The molecule has 3 rings (SSSR count). The number of carbonyl (C=O) groups excluding carboxylic acids is 2. The Labute approximate surface area is 141 Å². The van der Waals surface area contributed by atoms with Crippen molar-refractivity contribution in [3.8, 4) is 0 Å². The van der Waals surface area contributed by atoms with E-state index in [2.05, 4.69) is 21.2 Å². The topological polar surface area (TPSA) is 49.4 Å². The van der Waals surface area contributed by atoms with Crippen LogP contribution >= 0.6 is 15.9 Å². The molecule has 0 aliphatic carbocycles. The fourth-order valence-corrected chi connectivity index (χ4v) is 2.82. The van der Waals surface area contributed by atoms with Gasteiger partial charge in [-0.25, -0.2) is 4.39 Å². The molecule has 1 atom stereocenters. The van der Waals surface area contributed by atoms with Crippen LogP contribution in [0.4, 0.5) is 15.8 Å². The quantitative estimate of drug-likeness (QED) is 0.889. The minimum absolute atomic E-state index is 0.110. The summed E-state index contributed by atoms with van der Waals surface area (Å²) < 4.78 is 14.5. The van der Waals surface area contributed by atoms with E-state index in [1.54, 1.807) is 17.0 Å². The van der Waals surface area contributed by atoms with Gasteiger partial charge in [-0.15, -0.1) is 0 Å². The summed E-state index contributed by atoms with van der Waals surface area (Å²) in [4.78, 5) is 26.0. The molecule has 2 aromatic rings. The largest absolute Gasteiger partial charge is 0.323 e. The number of nitrogens with one attached hydrogen (secondary N) is 1. The van der Waals surface area contributed by atoms with Crippen LogP contribution in [-0.2, 0) is 9.59 Å². The van der Waals surface area contributed by atoms with Crippen molar-refractivity contribution < 1.29 is 14.0 Å². The fraction of sp³-hybridized carbons (Fsp3) is 0.176. The maximum absolute atomic E-state index is 13.6. The molecule has 0 radical (unpaired) electrons. The van der Waals surface area contributed by atoms with Gasteiger partial charge in [-0.2, -0.15) is 0 Å². The van der Waals surface area contributed by atoms with E-state index in [0.717, 1.165) is 10.2 Å². The molecule has 1 fully saturated rings. The molecule has 4 nitrogen and oxygen atoms in total. The Morgan fingerprint density at radius 3 is 2.57 bits per heavy atom. The number of hydrogen-bond donors (Lipinski definition) is 1. The van der Waals surface area contributed by atoms with Crippen molar-refractivity contribution in [3.05, 3.63) is 58.8 Å². The van der Waals surface area contributed by atoms with E-state index in [9.17, 15) is 14.0 Å². The molecule has 0 unspecified atom stereocenters. The summed E-state index contributed by atoms with van der Waals surface area (Å²) >= 11 is 3.34. The highest BCUT2D eigenvalue weighted by Crippen LogP contribution is 2.27. The summed E-state index contributed by atoms with van der Waals surface area (Å²) in [7, 11) is 0. The Hall–Kier alpha value is -2.21. The summed E-state index contributed by atoms with van der Waals surface area (Å²) in [5, 5.41) is 2.55. The maximum Gasteiger partial charge on any atom is 0.229 e. The molecule has 0 saturated carbocycles. The second-order valence-corrected chi connectivity index (χ2v) is 6.27. The van der Waals surface area contributed by atoms with E-state index in [1.165, 1.54) is 12.1 Å². The maximum atomic E-state index is 13.6. The van der Waals surface area contributed by atoms with Gasteiger partial charge in [0.1, 0.15) is 5.82 Å². The van der Waals surface area contributed by atoms with Crippen LogP contribution < -0.4 is 10.2 Å². The van der Waals surface area contributed by atoms with Crippen LogP contribution in [0, 0.1) is 11.7 Å². The number of hydrogen-bond acceptors (Lipinski definition) is 2. The number of rotatable bonds is 3. The third kappa shape index (κ3) is 3.42. The zero-order valence-corrected chi connectivity index (χ0v) is 13.7. The first kappa shape index (κ1) is 15.7. The highest BCUT2D eigenvalue weighted by Gasteiger charge is 2.35. The summed E-state index contributed by atoms with van der Waals surface area (Å²) in [6.07, 6.45) is 0.121. The lowest BCUT2D eigenvalue weighted by atomic mass is 10.1. The third-order valence-corrected chi connectivity index (χ3v) is 4.29. The Morgan fingerprint density at radius 1 is 1.17 bits per heavy atom. The van der Waals surface area contributed by atoms with Crippen LogP contribution in [-0.4, -0.2) is 18.4 Å². The van der Waals surface area contributed by atoms with E-state index in [4.69, 9.17) is 0 Å². The molecule has 23 heavy (non-hydrogen) atoms. The second kappa shape index (κ2) is 6.50. The molecular formula is C17H14BrFN2O2. The Bertz CT molecular complexity index is 749. The van der Waals surface area contributed by atoms with Gasteiger partial charge in [-0.05, 0) is 36.4 Å². The lowest BCUT2D eigenvalue weighted by molar-refractivity contribution is -0.122. The number of carbonyl (C=O) groups is 2. The Morgan fingerprint density at radius 2 is 1.87 bits per heavy atom. The van der Waals surface area contributed by atoms with Crippen molar-refractivity contribution in [2.75, 3.05) is 16.8 Å². The number of para-hydroxylation sites is 1. The average Bonchev–Trinajstić information content (AvgIpc) is 2.92. The minimum Gasteiger partial charge on any atom is -0.323 e. The molecule has 1 heterocycles. The summed E-state index contributed by atoms with van der Waals surface area (Å²) in [6, 6.07) is 13.3. The van der Waals surface area contributed by atoms with E-state index < -0.39 is 11.7 Å². The van der Waals surface area contributed by atoms with Crippen molar-refractivity contribution >= 4 is 39.1 Å². The van der Waals surface area contributed by atoms with E-state index >= 15 is 0 Å². The predicted molar refractivity (Wildman–Crippen MR) is 89.6 cm³/mol. The molecule has 0 aromatic heterocycles. The molecule has 0 spiro atoms. The van der Waals surface area contributed by atoms with Gasteiger partial charge in [0.15, 0.2) is 0 Å². The van der Waals surface area contributed by atoms with Crippen molar-refractivity contribution in [2.24, 2.45) is 5.92 Å². The second-order valence-electron chi connectivity index (χ2n) is 5.35.